The van der Waals surface area contributed by atoms with Crippen molar-refractivity contribution in [3.05, 3.63) is 33.9 Å². The molecule has 0 saturated heterocycles. The number of carbonyl (C=O) groups is 2. The van der Waals surface area contributed by atoms with Crippen molar-refractivity contribution in [2.24, 2.45) is 0 Å². The maximum absolute atomic E-state index is 10.9. The van der Waals surface area contributed by atoms with Gasteiger partial charge in [-0.15, -0.1) is 0 Å². The van der Waals surface area contributed by atoms with Gasteiger partial charge >= 0.3 is 5.97 Å². The molecule has 7 heteroatoms. The molecule has 0 unspecified atom stereocenters. The normalized spacial score (nSPS) is 9.11. The predicted molar refractivity (Wildman–Crippen MR) is 66.5 cm³/mol. The van der Waals surface area contributed by atoms with Gasteiger partial charge in [0.1, 0.15) is 12.1 Å². The second kappa shape index (κ2) is 6.16. The van der Waals surface area contributed by atoms with E-state index in [1.54, 1.807) is 0 Å². The maximum atomic E-state index is 10.9. The summed E-state index contributed by atoms with van der Waals surface area (Å²) in [5.41, 5.74) is 0.0839. The molecule has 2 N–H and O–H groups in total. The van der Waals surface area contributed by atoms with Crippen LogP contribution in [0.5, 0.6) is 0 Å². The Morgan fingerprint density at radius 2 is 2.16 bits per heavy atom. The highest BCUT2D eigenvalue weighted by molar-refractivity contribution is 5.91. The highest BCUT2D eigenvalue weighted by Crippen LogP contribution is 2.25. The number of anilines is 1. The van der Waals surface area contributed by atoms with Gasteiger partial charge < -0.3 is 10.4 Å². The first-order chi connectivity index (χ1) is 8.90. The smallest absolute Gasteiger partial charge is 0.315 e. The summed E-state index contributed by atoms with van der Waals surface area (Å²) in [4.78, 5) is 31.4. The van der Waals surface area contributed by atoms with Crippen molar-refractivity contribution in [2.75, 3.05) is 5.32 Å². The fourth-order valence-electron chi connectivity index (χ4n) is 1.28. The Kier molecular flexibility index (Phi) is 4.60. The highest BCUT2D eigenvalue weighted by atomic mass is 16.6. The first-order valence-corrected chi connectivity index (χ1v) is 5.17. The number of nitrogens with zero attached hydrogens (tertiary/aromatic N) is 1. The second-order valence-electron chi connectivity index (χ2n) is 3.54. The zero-order chi connectivity index (χ0) is 14.4. The number of carboxylic acids is 1. The third-order valence-corrected chi connectivity index (χ3v) is 1.98. The Balaban J connectivity index is 3.07. The Bertz CT molecular complexity index is 598. The van der Waals surface area contributed by atoms with Gasteiger partial charge in [-0.1, -0.05) is 11.8 Å². The van der Waals surface area contributed by atoms with Gasteiger partial charge in [0.15, 0.2) is 0 Å². The molecule has 0 radical (unpaired) electrons. The van der Waals surface area contributed by atoms with Gasteiger partial charge in [-0.2, -0.15) is 0 Å². The quantitative estimate of drug-likeness (QED) is 0.485. The van der Waals surface area contributed by atoms with Gasteiger partial charge in [0, 0.05) is 18.6 Å². The lowest BCUT2D eigenvalue weighted by molar-refractivity contribution is -0.383. The maximum Gasteiger partial charge on any atom is 0.315 e. The van der Waals surface area contributed by atoms with E-state index in [-0.39, 0.29) is 17.8 Å². The van der Waals surface area contributed by atoms with Crippen LogP contribution in [0.3, 0.4) is 0 Å². The minimum absolute atomic E-state index is 0.0706. The molecule has 1 rings (SSSR count). The van der Waals surface area contributed by atoms with Crippen LogP contribution in [0.15, 0.2) is 18.2 Å². The largest absolute Gasteiger partial charge is 0.481 e. The molecule has 0 spiro atoms. The van der Waals surface area contributed by atoms with Crippen molar-refractivity contribution >= 4 is 23.3 Å². The van der Waals surface area contributed by atoms with Crippen LogP contribution >= 0.6 is 0 Å². The van der Waals surface area contributed by atoms with E-state index < -0.39 is 16.8 Å². The predicted octanol–water partition coefficient (Wildman–Crippen LogP) is 1.38. The number of carbonyl (C=O) groups excluding carboxylic acids is 1. The minimum Gasteiger partial charge on any atom is -0.481 e. The molecule has 0 atom stereocenters. The van der Waals surface area contributed by atoms with E-state index in [0.717, 1.165) is 0 Å². The van der Waals surface area contributed by atoms with Crippen LogP contribution in [0.4, 0.5) is 11.4 Å². The summed E-state index contributed by atoms with van der Waals surface area (Å²) < 4.78 is 0. The number of nitro benzene ring substituents is 1. The summed E-state index contributed by atoms with van der Waals surface area (Å²) in [5.74, 6) is 3.38. The van der Waals surface area contributed by atoms with Crippen LogP contribution in [0.1, 0.15) is 18.9 Å². The lowest BCUT2D eigenvalue weighted by Gasteiger charge is -2.03. The highest BCUT2D eigenvalue weighted by Gasteiger charge is 2.14. The summed E-state index contributed by atoms with van der Waals surface area (Å²) in [5, 5.41) is 21.6. The molecule has 0 fully saturated rings. The van der Waals surface area contributed by atoms with E-state index in [1.807, 2.05) is 0 Å². The number of nitrogens with one attached hydrogen (secondary N) is 1. The van der Waals surface area contributed by atoms with Gasteiger partial charge in [0.25, 0.3) is 5.69 Å². The summed E-state index contributed by atoms with van der Waals surface area (Å²) in [6.07, 6.45) is -0.346. The standard InChI is InChI=1S/C12H10N2O5/c1-8(15)13-10-6-5-9(3-2-4-12(16)17)7-11(10)14(18)19/h5-7H,4H2,1H3,(H,13,15)(H,16,17). The Morgan fingerprint density at radius 1 is 1.47 bits per heavy atom. The van der Waals surface area contributed by atoms with Crippen LogP contribution in [-0.4, -0.2) is 21.9 Å². The van der Waals surface area contributed by atoms with Gasteiger partial charge in [-0.3, -0.25) is 19.7 Å². The number of rotatable bonds is 3. The zero-order valence-electron chi connectivity index (χ0n) is 9.97. The molecule has 1 aromatic rings. The first kappa shape index (κ1) is 14.2. The molecule has 0 saturated carbocycles. The van der Waals surface area contributed by atoms with Crippen molar-refractivity contribution < 1.29 is 19.6 Å². The number of carboxylic acid groups (broad SMARTS) is 1. The van der Waals surface area contributed by atoms with Crippen molar-refractivity contribution in [1.29, 1.82) is 0 Å². The minimum atomic E-state index is -1.07. The van der Waals surface area contributed by atoms with Crippen LogP contribution in [0.25, 0.3) is 0 Å². The number of amides is 1. The second-order valence-corrected chi connectivity index (χ2v) is 3.54. The molecule has 1 amide bonds. The van der Waals surface area contributed by atoms with Crippen molar-refractivity contribution in [3.8, 4) is 11.8 Å². The van der Waals surface area contributed by atoms with E-state index in [9.17, 15) is 19.7 Å². The lowest BCUT2D eigenvalue weighted by atomic mass is 10.1. The molecule has 1 aromatic carbocycles. The molecule has 98 valence electrons. The van der Waals surface area contributed by atoms with E-state index in [0.29, 0.717) is 5.56 Å². The SMILES string of the molecule is CC(=O)Nc1ccc(C#CCC(=O)O)cc1[N+](=O)[O-]. The molecule has 0 aliphatic carbocycles. The average Bonchev–Trinajstić information content (AvgIpc) is 2.29. The summed E-state index contributed by atoms with van der Waals surface area (Å²) in [7, 11) is 0. The van der Waals surface area contributed by atoms with Gasteiger partial charge in [0.2, 0.25) is 5.91 Å². The van der Waals surface area contributed by atoms with Gasteiger partial charge in [0.05, 0.1) is 4.92 Å². The molecular weight excluding hydrogens is 252 g/mol. The number of hydrogen-bond acceptors (Lipinski definition) is 4. The van der Waals surface area contributed by atoms with Crippen molar-refractivity contribution in [3.63, 3.8) is 0 Å². The van der Waals surface area contributed by atoms with Crippen LogP contribution < -0.4 is 5.32 Å². The Hall–Kier alpha value is -2.88. The molecule has 19 heavy (non-hydrogen) atoms. The Labute approximate surface area is 108 Å². The fourth-order valence-corrected chi connectivity index (χ4v) is 1.28. The van der Waals surface area contributed by atoms with E-state index >= 15 is 0 Å². The fraction of sp³-hybridized carbons (Fsp3) is 0.167. The lowest BCUT2D eigenvalue weighted by Crippen LogP contribution is -2.08. The van der Waals surface area contributed by atoms with E-state index in [1.165, 1.54) is 25.1 Å². The number of benzene rings is 1. The molecule has 0 heterocycles. The van der Waals surface area contributed by atoms with E-state index in [2.05, 4.69) is 17.2 Å². The number of hydrogen-bond donors (Lipinski definition) is 2. The summed E-state index contributed by atoms with van der Waals surface area (Å²) >= 11 is 0. The monoisotopic (exact) mass is 262 g/mol. The number of nitro groups is 1. The topological polar surface area (TPSA) is 110 Å². The van der Waals surface area contributed by atoms with E-state index in [4.69, 9.17) is 5.11 Å². The van der Waals surface area contributed by atoms with Crippen molar-refractivity contribution in [2.45, 2.75) is 13.3 Å². The molecule has 0 aliphatic rings. The molecule has 7 nitrogen and oxygen atoms in total. The summed E-state index contributed by atoms with van der Waals surface area (Å²) in [6, 6.07) is 4.00. The zero-order valence-corrected chi connectivity index (χ0v) is 9.97. The third kappa shape index (κ3) is 4.47. The molecule has 0 bridgehead atoms. The van der Waals surface area contributed by atoms with Crippen LogP contribution in [0.2, 0.25) is 0 Å². The molecular formula is C12H10N2O5. The van der Waals surface area contributed by atoms with Gasteiger partial charge in [-0.05, 0) is 12.1 Å². The van der Waals surface area contributed by atoms with Crippen molar-refractivity contribution in [1.82, 2.24) is 0 Å². The summed E-state index contributed by atoms with van der Waals surface area (Å²) in [6.45, 7) is 1.24. The van der Waals surface area contributed by atoms with Crippen LogP contribution in [0, 0.1) is 22.0 Å². The third-order valence-electron chi connectivity index (χ3n) is 1.98. The first-order valence-electron chi connectivity index (χ1n) is 5.17. The number of aliphatic carboxylic acids is 1. The molecule has 0 aliphatic heterocycles. The molecule has 0 aromatic heterocycles. The van der Waals surface area contributed by atoms with Gasteiger partial charge in [-0.25, -0.2) is 0 Å². The Morgan fingerprint density at radius 3 is 2.68 bits per heavy atom. The van der Waals surface area contributed by atoms with Crippen LogP contribution in [-0.2, 0) is 9.59 Å². The average molecular weight is 262 g/mol.